The fourth-order valence-electron chi connectivity index (χ4n) is 2.75. The molecule has 0 saturated heterocycles. The number of rotatable bonds is 10. The Labute approximate surface area is 196 Å². The summed E-state index contributed by atoms with van der Waals surface area (Å²) < 4.78 is 21.5. The van der Waals surface area contributed by atoms with Crippen LogP contribution in [0.2, 0.25) is 0 Å². The summed E-state index contributed by atoms with van der Waals surface area (Å²) in [6.45, 7) is -0.223. The largest absolute Gasteiger partial charge is 0.461 e. The highest BCUT2D eigenvalue weighted by Gasteiger charge is 2.48. The Hall–Kier alpha value is -0.200. The van der Waals surface area contributed by atoms with Gasteiger partial charge in [-0.25, -0.2) is 0 Å². The van der Waals surface area contributed by atoms with E-state index in [-0.39, 0.29) is 60.2 Å². The van der Waals surface area contributed by atoms with E-state index in [0.717, 1.165) is 0 Å². The highest BCUT2D eigenvalue weighted by atomic mass is 79.9. The van der Waals surface area contributed by atoms with E-state index in [9.17, 15) is 19.2 Å². The minimum Gasteiger partial charge on any atom is -0.461 e. The molecule has 0 unspecified atom stereocenters. The summed E-state index contributed by atoms with van der Waals surface area (Å²) in [7, 11) is 0. The van der Waals surface area contributed by atoms with E-state index in [1.165, 1.54) is 0 Å². The molecule has 0 amide bonds. The normalized spacial score (nSPS) is 24.1. The molecule has 8 nitrogen and oxygen atoms in total. The molecule has 0 spiro atoms. The van der Waals surface area contributed by atoms with Crippen molar-refractivity contribution in [2.75, 3.05) is 34.5 Å². The van der Waals surface area contributed by atoms with E-state index in [0.29, 0.717) is 0 Å². The molecule has 12 heteroatoms. The summed E-state index contributed by atoms with van der Waals surface area (Å²) in [6, 6.07) is 0. The summed E-state index contributed by atoms with van der Waals surface area (Å²) >= 11 is 12.1. The second-order valence-corrected chi connectivity index (χ2v) is 8.41. The van der Waals surface area contributed by atoms with Gasteiger partial charge in [-0.2, -0.15) is 0 Å². The van der Waals surface area contributed by atoms with Crippen molar-refractivity contribution in [3.05, 3.63) is 0 Å². The van der Waals surface area contributed by atoms with Gasteiger partial charge in [-0.1, -0.05) is 63.7 Å². The molecule has 28 heavy (non-hydrogen) atoms. The molecule has 0 aromatic rings. The van der Waals surface area contributed by atoms with E-state index in [2.05, 4.69) is 63.7 Å². The average Bonchev–Trinajstić information content (AvgIpc) is 2.72. The van der Waals surface area contributed by atoms with Crippen molar-refractivity contribution >= 4 is 87.6 Å². The summed E-state index contributed by atoms with van der Waals surface area (Å²) in [5.41, 5.74) is -2.07. The van der Waals surface area contributed by atoms with Gasteiger partial charge in [-0.05, 0) is 25.7 Å². The quantitative estimate of drug-likeness (QED) is 0.200. The van der Waals surface area contributed by atoms with Crippen molar-refractivity contribution in [2.24, 2.45) is 0 Å². The van der Waals surface area contributed by atoms with E-state index < -0.39 is 35.1 Å². The third-order valence-electron chi connectivity index (χ3n) is 4.16. The van der Waals surface area contributed by atoms with E-state index in [1.54, 1.807) is 0 Å². The van der Waals surface area contributed by atoms with Crippen LogP contribution in [0.3, 0.4) is 0 Å². The lowest BCUT2D eigenvalue weighted by molar-refractivity contribution is -0.195. The van der Waals surface area contributed by atoms with E-state index in [1.807, 2.05) is 0 Å². The lowest BCUT2D eigenvalue weighted by atomic mass is 9.76. The van der Waals surface area contributed by atoms with Crippen LogP contribution in [0, 0.1) is 0 Å². The van der Waals surface area contributed by atoms with Gasteiger partial charge in [0.2, 0.25) is 0 Å². The van der Waals surface area contributed by atoms with Crippen LogP contribution in [-0.2, 0) is 38.1 Å². The second kappa shape index (κ2) is 12.5. The molecule has 1 fully saturated rings. The minimum absolute atomic E-state index is 0.00623. The SMILES string of the molecule is O=C(CBr)OCC1(OC(=O)CBr)CCC(COC(=O)CBr)(OC(=O)CBr)CC1. The number of carbonyl (C=O) groups is 4. The van der Waals surface area contributed by atoms with Crippen molar-refractivity contribution in [3.8, 4) is 0 Å². The molecule has 0 atom stereocenters. The van der Waals surface area contributed by atoms with Crippen molar-refractivity contribution in [1.29, 1.82) is 0 Å². The molecule has 1 saturated carbocycles. The fourth-order valence-corrected chi connectivity index (χ4v) is 3.30. The number of alkyl halides is 4. The molecule has 1 rings (SSSR count). The Kier molecular flexibility index (Phi) is 11.5. The summed E-state index contributed by atoms with van der Waals surface area (Å²) in [6.07, 6.45) is 1.07. The highest BCUT2D eigenvalue weighted by Crippen LogP contribution is 2.40. The van der Waals surface area contributed by atoms with Crippen molar-refractivity contribution in [1.82, 2.24) is 0 Å². The zero-order chi connectivity index (χ0) is 21.2. The number of hydrogen-bond donors (Lipinski definition) is 0. The summed E-state index contributed by atoms with van der Waals surface area (Å²) in [5, 5.41) is 0.0248. The number of hydrogen-bond acceptors (Lipinski definition) is 8. The van der Waals surface area contributed by atoms with Crippen molar-refractivity contribution < 1.29 is 38.1 Å². The molecule has 1 aliphatic rings. The summed E-state index contributed by atoms with van der Waals surface area (Å²) in [5.74, 6) is -1.96. The Morgan fingerprint density at radius 2 is 0.857 bits per heavy atom. The van der Waals surface area contributed by atoms with Crippen LogP contribution >= 0.6 is 63.7 Å². The first-order valence-corrected chi connectivity index (χ1v) is 12.7. The van der Waals surface area contributed by atoms with Gasteiger partial charge in [0.05, 0.1) is 0 Å². The van der Waals surface area contributed by atoms with Crippen LogP contribution < -0.4 is 0 Å². The highest BCUT2D eigenvalue weighted by molar-refractivity contribution is 9.10. The van der Waals surface area contributed by atoms with Gasteiger partial charge in [0.1, 0.15) is 45.7 Å². The number of esters is 4. The third-order valence-corrected chi connectivity index (χ3v) is 5.99. The molecular weight excluding hydrogens is 640 g/mol. The van der Waals surface area contributed by atoms with Gasteiger partial charge in [0.25, 0.3) is 0 Å². The van der Waals surface area contributed by atoms with Crippen LogP contribution in [0.5, 0.6) is 0 Å². The predicted octanol–water partition coefficient (Wildman–Crippen LogP) is 2.79. The fraction of sp³-hybridized carbons (Fsp3) is 0.750. The average molecular weight is 660 g/mol. The zero-order valence-electron chi connectivity index (χ0n) is 14.8. The number of halogens is 4. The maximum atomic E-state index is 11.9. The number of ether oxygens (including phenoxy) is 4. The molecule has 0 N–H and O–H groups in total. The Balaban J connectivity index is 2.93. The van der Waals surface area contributed by atoms with Gasteiger partial charge in [-0.15, -0.1) is 0 Å². The topological polar surface area (TPSA) is 105 Å². The van der Waals surface area contributed by atoms with Crippen LogP contribution in [0.15, 0.2) is 0 Å². The lowest BCUT2D eigenvalue weighted by Gasteiger charge is -2.44. The van der Waals surface area contributed by atoms with Gasteiger partial charge < -0.3 is 18.9 Å². The monoisotopic (exact) mass is 656 g/mol. The first kappa shape index (κ1) is 25.8. The molecule has 160 valence electrons. The standard InChI is InChI=1S/C16H20Br4O8/c17-5-11(21)25-9-15(27-13(23)7-19)1-2-16(4-3-15,28-14(24)8-20)10-26-12(22)6-18/h1-10H2. The third kappa shape index (κ3) is 8.27. The number of carbonyl (C=O) groups excluding carboxylic acids is 4. The Morgan fingerprint density at radius 1 is 0.571 bits per heavy atom. The molecule has 0 aromatic carbocycles. The molecule has 0 aliphatic heterocycles. The Bertz CT molecular complexity index is 525. The van der Waals surface area contributed by atoms with Gasteiger partial charge in [0, 0.05) is 0 Å². The maximum Gasteiger partial charge on any atom is 0.317 e. The van der Waals surface area contributed by atoms with Gasteiger partial charge in [0.15, 0.2) is 0 Å². The van der Waals surface area contributed by atoms with E-state index in [4.69, 9.17) is 18.9 Å². The smallest absolute Gasteiger partial charge is 0.317 e. The van der Waals surface area contributed by atoms with Crippen LogP contribution in [0.1, 0.15) is 25.7 Å². The first-order valence-electron chi connectivity index (χ1n) is 8.22. The first-order chi connectivity index (χ1) is 13.2. The minimum atomic E-state index is -1.04. The van der Waals surface area contributed by atoms with Crippen molar-refractivity contribution in [2.45, 2.75) is 36.9 Å². The summed E-state index contributed by atoms with van der Waals surface area (Å²) in [4.78, 5) is 46.7. The molecule has 1 aliphatic carbocycles. The van der Waals surface area contributed by atoms with Crippen molar-refractivity contribution in [3.63, 3.8) is 0 Å². The molecule has 0 radical (unpaired) electrons. The Morgan fingerprint density at radius 3 is 1.11 bits per heavy atom. The van der Waals surface area contributed by atoms with Crippen LogP contribution in [-0.4, -0.2) is 69.6 Å². The molecule has 0 bridgehead atoms. The lowest BCUT2D eigenvalue weighted by Crippen LogP contribution is -2.52. The van der Waals surface area contributed by atoms with E-state index >= 15 is 0 Å². The molecule has 0 aromatic heterocycles. The van der Waals surface area contributed by atoms with Crippen LogP contribution in [0.4, 0.5) is 0 Å². The molecular formula is C16H20Br4O8. The predicted molar refractivity (Wildman–Crippen MR) is 113 cm³/mol. The maximum absolute atomic E-state index is 11.9. The zero-order valence-corrected chi connectivity index (χ0v) is 21.2. The van der Waals surface area contributed by atoms with Crippen LogP contribution in [0.25, 0.3) is 0 Å². The molecule has 0 heterocycles. The second-order valence-electron chi connectivity index (χ2n) is 6.17. The van der Waals surface area contributed by atoms with Gasteiger partial charge >= 0.3 is 23.9 Å². The van der Waals surface area contributed by atoms with Gasteiger partial charge in [-0.3, -0.25) is 19.2 Å².